The molecule has 0 aromatic carbocycles. The Balaban J connectivity index is 2.33. The second-order valence-corrected chi connectivity index (χ2v) is 2.68. The topological polar surface area (TPSA) is 37.4 Å². The minimum Gasteiger partial charge on any atom is -0.285 e. The number of rotatable bonds is 0. The average Bonchev–Trinajstić information content (AvgIpc) is 2.56. The Hall–Kier alpha value is -0.860. The van der Waals surface area contributed by atoms with Gasteiger partial charge in [0.05, 0.1) is 11.8 Å². The summed E-state index contributed by atoms with van der Waals surface area (Å²) in [5, 5.41) is 0. The third-order valence-corrected chi connectivity index (χ3v) is 2.09. The standard InChI is InChI=1S/C6H7NO2/c1-7-5(8)3-2-4(3)6(7)9/h3-4H,2H2,1H3. The zero-order valence-electron chi connectivity index (χ0n) is 5.13. The van der Waals surface area contributed by atoms with Crippen molar-refractivity contribution >= 4 is 11.8 Å². The molecule has 0 radical (unpaired) electrons. The lowest BCUT2D eigenvalue weighted by atomic mass is 10.4. The van der Waals surface area contributed by atoms with Crippen molar-refractivity contribution in [2.24, 2.45) is 11.8 Å². The Morgan fingerprint density at radius 3 is 2.00 bits per heavy atom. The van der Waals surface area contributed by atoms with Crippen LogP contribution < -0.4 is 0 Å². The van der Waals surface area contributed by atoms with Crippen molar-refractivity contribution in [1.29, 1.82) is 0 Å². The molecular formula is C6H7NO2. The zero-order chi connectivity index (χ0) is 6.59. The Labute approximate surface area is 52.6 Å². The van der Waals surface area contributed by atoms with E-state index in [1.165, 1.54) is 4.90 Å². The lowest BCUT2D eigenvalue weighted by Crippen LogP contribution is -2.28. The zero-order valence-corrected chi connectivity index (χ0v) is 5.13. The summed E-state index contributed by atoms with van der Waals surface area (Å²) >= 11 is 0. The highest BCUT2D eigenvalue weighted by Gasteiger charge is 2.57. The summed E-state index contributed by atoms with van der Waals surface area (Å²) in [5.41, 5.74) is 0. The molecule has 0 spiro atoms. The van der Waals surface area contributed by atoms with Gasteiger partial charge in [-0.05, 0) is 6.42 Å². The monoisotopic (exact) mass is 125 g/mol. The second kappa shape index (κ2) is 1.17. The molecule has 2 unspecified atom stereocenters. The van der Waals surface area contributed by atoms with Crippen molar-refractivity contribution in [3.05, 3.63) is 0 Å². The fourth-order valence-corrected chi connectivity index (χ4v) is 1.35. The molecule has 1 aliphatic heterocycles. The smallest absolute Gasteiger partial charge is 0.232 e. The third kappa shape index (κ3) is 0.422. The lowest BCUT2D eigenvalue weighted by molar-refractivity contribution is -0.139. The van der Waals surface area contributed by atoms with Crippen molar-refractivity contribution < 1.29 is 9.59 Å². The fraction of sp³-hybridized carbons (Fsp3) is 0.667. The molecule has 0 aromatic rings. The number of carbonyl (C=O) groups is 2. The molecule has 9 heavy (non-hydrogen) atoms. The number of fused-ring (bicyclic) bond motifs is 1. The molecule has 1 heterocycles. The molecule has 0 bridgehead atoms. The molecule has 3 heteroatoms. The van der Waals surface area contributed by atoms with Crippen LogP contribution in [0.2, 0.25) is 0 Å². The van der Waals surface area contributed by atoms with Gasteiger partial charge in [-0.3, -0.25) is 14.5 Å². The van der Waals surface area contributed by atoms with E-state index in [0.29, 0.717) is 0 Å². The van der Waals surface area contributed by atoms with Gasteiger partial charge in [-0.25, -0.2) is 0 Å². The van der Waals surface area contributed by atoms with Gasteiger partial charge in [0.25, 0.3) is 0 Å². The highest BCUT2D eigenvalue weighted by Crippen LogP contribution is 2.46. The summed E-state index contributed by atoms with van der Waals surface area (Å²) in [6.07, 6.45) is 0.808. The Morgan fingerprint density at radius 2 is 1.78 bits per heavy atom. The van der Waals surface area contributed by atoms with Gasteiger partial charge in [-0.2, -0.15) is 0 Å². The van der Waals surface area contributed by atoms with E-state index in [1.807, 2.05) is 0 Å². The van der Waals surface area contributed by atoms with Crippen LogP contribution in [0, 0.1) is 11.8 Å². The summed E-state index contributed by atoms with van der Waals surface area (Å²) in [5.74, 6) is 0.181. The summed E-state index contributed by atoms with van der Waals surface area (Å²) < 4.78 is 0. The van der Waals surface area contributed by atoms with Crippen LogP contribution >= 0.6 is 0 Å². The number of amides is 2. The number of piperidine rings is 1. The summed E-state index contributed by atoms with van der Waals surface area (Å²) in [4.78, 5) is 23.0. The SMILES string of the molecule is CN1C(=O)C2CC2C1=O. The van der Waals surface area contributed by atoms with E-state index >= 15 is 0 Å². The van der Waals surface area contributed by atoms with Gasteiger partial charge in [-0.1, -0.05) is 0 Å². The van der Waals surface area contributed by atoms with Gasteiger partial charge >= 0.3 is 0 Å². The highest BCUT2D eigenvalue weighted by atomic mass is 16.2. The maximum atomic E-state index is 10.9. The Bertz CT molecular complexity index is 179. The fourth-order valence-electron chi connectivity index (χ4n) is 1.35. The van der Waals surface area contributed by atoms with Crippen LogP contribution in [-0.2, 0) is 9.59 Å². The van der Waals surface area contributed by atoms with Gasteiger partial charge in [0.15, 0.2) is 0 Å². The van der Waals surface area contributed by atoms with Gasteiger partial charge < -0.3 is 0 Å². The first-order valence-corrected chi connectivity index (χ1v) is 3.03. The molecule has 0 aromatic heterocycles. The largest absolute Gasteiger partial charge is 0.285 e. The van der Waals surface area contributed by atoms with Crippen molar-refractivity contribution in [1.82, 2.24) is 4.90 Å². The highest BCUT2D eigenvalue weighted by molar-refractivity contribution is 6.08. The molecule has 1 aliphatic carbocycles. The maximum Gasteiger partial charge on any atom is 0.232 e. The number of carbonyl (C=O) groups excluding carboxylic acids is 2. The summed E-state index contributed by atoms with van der Waals surface area (Å²) in [6.45, 7) is 0. The second-order valence-electron chi connectivity index (χ2n) is 2.68. The van der Waals surface area contributed by atoms with Crippen LogP contribution in [0.3, 0.4) is 0 Å². The van der Waals surface area contributed by atoms with Crippen molar-refractivity contribution in [3.8, 4) is 0 Å². The van der Waals surface area contributed by atoms with Gasteiger partial charge in [0, 0.05) is 7.05 Å². The van der Waals surface area contributed by atoms with Crippen molar-refractivity contribution in [3.63, 3.8) is 0 Å². The normalized spacial score (nSPS) is 39.4. The number of nitrogens with zero attached hydrogens (tertiary/aromatic N) is 1. The van der Waals surface area contributed by atoms with E-state index in [4.69, 9.17) is 0 Å². The molecular weight excluding hydrogens is 118 g/mol. The number of hydrogen-bond donors (Lipinski definition) is 0. The Kier molecular flexibility index (Phi) is 0.648. The van der Waals surface area contributed by atoms with Crippen molar-refractivity contribution in [2.45, 2.75) is 6.42 Å². The quantitative estimate of drug-likeness (QED) is 0.414. The third-order valence-electron chi connectivity index (χ3n) is 2.09. The minimum atomic E-state index is 0.0185. The number of hydrogen-bond acceptors (Lipinski definition) is 2. The first kappa shape index (κ1) is 4.97. The van der Waals surface area contributed by atoms with Crippen LogP contribution in [0.15, 0.2) is 0 Å². The van der Waals surface area contributed by atoms with Gasteiger partial charge in [0.1, 0.15) is 0 Å². The molecule has 2 aliphatic rings. The summed E-state index contributed by atoms with van der Waals surface area (Å²) in [6, 6.07) is 0. The van der Waals surface area contributed by atoms with Crippen LogP contribution in [0.4, 0.5) is 0 Å². The molecule has 2 amide bonds. The molecule has 2 fully saturated rings. The van der Waals surface area contributed by atoms with E-state index < -0.39 is 0 Å². The van der Waals surface area contributed by atoms with E-state index in [0.717, 1.165) is 6.42 Å². The Morgan fingerprint density at radius 1 is 1.33 bits per heavy atom. The van der Waals surface area contributed by atoms with E-state index in [2.05, 4.69) is 0 Å². The number of likely N-dealkylation sites (tertiary alicyclic amines) is 1. The van der Waals surface area contributed by atoms with Crippen LogP contribution in [0.5, 0.6) is 0 Å². The van der Waals surface area contributed by atoms with Crippen molar-refractivity contribution in [2.75, 3.05) is 7.05 Å². The molecule has 0 N–H and O–H groups in total. The van der Waals surface area contributed by atoms with Crippen LogP contribution in [-0.4, -0.2) is 23.8 Å². The van der Waals surface area contributed by atoms with E-state index in [1.54, 1.807) is 7.05 Å². The predicted molar refractivity (Wildman–Crippen MR) is 29.4 cm³/mol. The van der Waals surface area contributed by atoms with E-state index in [-0.39, 0.29) is 23.7 Å². The molecule has 1 saturated carbocycles. The molecule has 1 saturated heterocycles. The first-order chi connectivity index (χ1) is 4.22. The van der Waals surface area contributed by atoms with Gasteiger partial charge in [-0.15, -0.1) is 0 Å². The molecule has 3 nitrogen and oxygen atoms in total. The minimum absolute atomic E-state index is 0.0185. The van der Waals surface area contributed by atoms with Gasteiger partial charge in [0.2, 0.25) is 11.8 Å². The lowest BCUT2D eigenvalue weighted by Gasteiger charge is -2.06. The molecule has 2 rings (SSSR count). The number of imide groups is 1. The first-order valence-electron chi connectivity index (χ1n) is 3.03. The summed E-state index contributed by atoms with van der Waals surface area (Å²) in [7, 11) is 1.55. The van der Waals surface area contributed by atoms with Crippen LogP contribution in [0.1, 0.15) is 6.42 Å². The van der Waals surface area contributed by atoms with Crippen LogP contribution in [0.25, 0.3) is 0 Å². The predicted octanol–water partition coefficient (Wildman–Crippen LogP) is -0.379. The molecule has 48 valence electrons. The maximum absolute atomic E-state index is 10.9. The molecule has 2 atom stereocenters. The van der Waals surface area contributed by atoms with E-state index in [9.17, 15) is 9.59 Å². The average molecular weight is 125 g/mol.